The van der Waals surface area contributed by atoms with Gasteiger partial charge in [-0.1, -0.05) is 165 Å². The van der Waals surface area contributed by atoms with E-state index in [0.29, 0.717) is 0 Å². The zero-order valence-electron chi connectivity index (χ0n) is 42.5. The van der Waals surface area contributed by atoms with Crippen molar-refractivity contribution in [3.05, 3.63) is 293 Å². The Morgan fingerprint density at radius 2 is 0.696 bits per heavy atom. The van der Waals surface area contributed by atoms with Gasteiger partial charge in [0.15, 0.2) is 0 Å². The number of fused-ring (bicyclic) bond motifs is 14. The summed E-state index contributed by atoms with van der Waals surface area (Å²) in [7, 11) is 0. The predicted molar refractivity (Wildman–Crippen MR) is 335 cm³/mol. The van der Waals surface area contributed by atoms with Crippen LogP contribution in [0.4, 0.5) is 0 Å². The number of rotatable bonds is 4. The summed E-state index contributed by atoms with van der Waals surface area (Å²) in [6.07, 6.45) is 18.1. The molecule has 0 radical (unpaired) electrons. The minimum Gasteiger partial charge on any atom is -0.309 e. The third kappa shape index (κ3) is 7.86. The third-order valence-electron chi connectivity index (χ3n) is 15.5. The summed E-state index contributed by atoms with van der Waals surface area (Å²) in [5, 5.41) is 9.73. The van der Waals surface area contributed by atoms with Crippen molar-refractivity contribution in [2.24, 2.45) is 0 Å². The van der Waals surface area contributed by atoms with E-state index in [4.69, 9.17) is 0 Å². The Bertz CT molecular complexity index is 4490. The molecule has 0 saturated heterocycles. The fourth-order valence-corrected chi connectivity index (χ4v) is 13.5. The molecule has 0 saturated carbocycles. The molecule has 0 aliphatic heterocycles. The molecular formula is C71H45Br2N6+. The van der Waals surface area contributed by atoms with Gasteiger partial charge in [-0.25, -0.2) is 0 Å². The van der Waals surface area contributed by atoms with Crippen molar-refractivity contribution in [3.8, 4) is 22.7 Å². The average molecular weight is 1140 g/mol. The molecule has 0 atom stereocenters. The lowest BCUT2D eigenvalue weighted by Gasteiger charge is -2.17. The molecule has 15 aromatic rings. The highest BCUT2D eigenvalue weighted by Gasteiger charge is 2.25. The van der Waals surface area contributed by atoms with Crippen LogP contribution >= 0.6 is 31.9 Å². The lowest BCUT2D eigenvalue weighted by Crippen LogP contribution is -2.03. The van der Waals surface area contributed by atoms with Gasteiger partial charge in [0.2, 0.25) is 0 Å². The van der Waals surface area contributed by atoms with Crippen molar-refractivity contribution in [3.63, 3.8) is 0 Å². The number of hydrogen-bond acceptors (Lipinski definition) is 2. The molecular weight excluding hydrogens is 1100 g/mol. The van der Waals surface area contributed by atoms with Gasteiger partial charge in [0.25, 0.3) is 0 Å². The molecule has 0 unspecified atom stereocenters. The Hall–Kier alpha value is -9.43. The second-order valence-corrected chi connectivity index (χ2v) is 21.8. The molecule has 0 bridgehead atoms. The van der Waals surface area contributed by atoms with Crippen LogP contribution in [0.25, 0.3) is 116 Å². The summed E-state index contributed by atoms with van der Waals surface area (Å²) < 4.78 is 11.6. The van der Waals surface area contributed by atoms with Gasteiger partial charge in [0.05, 0.1) is 78.4 Å². The van der Waals surface area contributed by atoms with E-state index >= 15 is 0 Å². The molecule has 6 nitrogen and oxygen atoms in total. The number of nitrogens with zero attached hydrogens (tertiary/aromatic N) is 6. The smallest absolute Gasteiger partial charge is 0.107 e. The van der Waals surface area contributed by atoms with E-state index in [2.05, 4.69) is 291 Å². The Balaban J connectivity index is 0.000000130. The highest BCUT2D eigenvalue weighted by atomic mass is 79.9. The van der Waals surface area contributed by atoms with Crippen molar-refractivity contribution >= 4 is 125 Å². The minimum absolute atomic E-state index is 1.05. The second kappa shape index (κ2) is 19.2. The first-order valence-corrected chi connectivity index (χ1v) is 28.0. The molecule has 6 heterocycles. The number of pyridine rings is 2. The number of benzene rings is 9. The quantitative estimate of drug-likeness (QED) is 0.165. The maximum atomic E-state index is 4.50. The summed E-state index contributed by atoms with van der Waals surface area (Å²) >= 11 is 7.14. The molecule has 0 amide bonds. The number of allylic oxidation sites excluding steroid dienone is 6. The molecule has 0 spiro atoms. The van der Waals surface area contributed by atoms with Crippen LogP contribution in [0.3, 0.4) is 0 Å². The maximum Gasteiger partial charge on any atom is 0.107 e. The van der Waals surface area contributed by atoms with E-state index in [1.54, 1.807) is 0 Å². The van der Waals surface area contributed by atoms with Crippen molar-refractivity contribution < 1.29 is 0 Å². The summed E-state index contributed by atoms with van der Waals surface area (Å²) in [5.74, 6) is 0. The lowest BCUT2D eigenvalue weighted by atomic mass is 10.0. The van der Waals surface area contributed by atoms with Crippen LogP contribution in [0.1, 0.15) is 11.1 Å². The fourth-order valence-electron chi connectivity index (χ4n) is 12.2. The zero-order valence-corrected chi connectivity index (χ0v) is 45.6. The first-order chi connectivity index (χ1) is 39.0. The van der Waals surface area contributed by atoms with Gasteiger partial charge in [-0.3, -0.25) is 9.97 Å². The number of halogens is 2. The highest BCUT2D eigenvalue weighted by Crippen LogP contribution is 2.40. The van der Waals surface area contributed by atoms with Gasteiger partial charge in [0, 0.05) is 101 Å². The van der Waals surface area contributed by atoms with Crippen LogP contribution in [0.15, 0.2) is 276 Å². The minimum atomic E-state index is 1.05. The van der Waals surface area contributed by atoms with Gasteiger partial charge in [-0.05, 0) is 90.5 Å². The SMILES string of the molecule is Brc1cc(Br)cc(-n2c3ccccc3c3cnccc32)c1.[C+]1=CC2=C(C=C1)c1ccccc1C2.c1ccc2c(c1)c1ccccc1n2-c1cc(-n2c3ccccc3c3ccccc32)cc(-n2c3ccccc3c3cnccc32)c1. The van der Waals surface area contributed by atoms with Crippen molar-refractivity contribution in [1.29, 1.82) is 0 Å². The van der Waals surface area contributed by atoms with Crippen LogP contribution in [0.2, 0.25) is 0 Å². The van der Waals surface area contributed by atoms with E-state index in [0.717, 1.165) is 60.1 Å². The fraction of sp³-hybridized carbons (Fsp3) is 0.0141. The van der Waals surface area contributed by atoms with E-state index in [-0.39, 0.29) is 0 Å². The van der Waals surface area contributed by atoms with Crippen LogP contribution < -0.4 is 0 Å². The molecule has 17 rings (SSSR count). The van der Waals surface area contributed by atoms with E-state index in [1.807, 2.05) is 36.9 Å². The molecule has 2 aliphatic rings. The van der Waals surface area contributed by atoms with Gasteiger partial charge in [-0.2, -0.15) is 0 Å². The largest absolute Gasteiger partial charge is 0.309 e. The average Bonchev–Trinajstić information content (AvgIpc) is 4.51. The van der Waals surface area contributed by atoms with Crippen molar-refractivity contribution in [2.75, 3.05) is 0 Å². The van der Waals surface area contributed by atoms with E-state index in [1.165, 1.54) is 87.6 Å². The van der Waals surface area contributed by atoms with Gasteiger partial charge >= 0.3 is 0 Å². The number of aromatic nitrogens is 6. The summed E-state index contributed by atoms with van der Waals surface area (Å²) in [4.78, 5) is 8.77. The van der Waals surface area contributed by atoms with Gasteiger partial charge in [0.1, 0.15) is 12.2 Å². The van der Waals surface area contributed by atoms with Crippen LogP contribution in [0.5, 0.6) is 0 Å². The normalized spacial score (nSPS) is 12.6. The van der Waals surface area contributed by atoms with E-state index in [9.17, 15) is 0 Å². The third-order valence-corrected chi connectivity index (χ3v) is 16.4. The summed E-state index contributed by atoms with van der Waals surface area (Å²) in [6, 6.07) is 78.0. The molecule has 8 heteroatoms. The maximum absolute atomic E-state index is 4.50. The Morgan fingerprint density at radius 3 is 1.11 bits per heavy atom. The Kier molecular flexibility index (Phi) is 11.4. The predicted octanol–water partition coefficient (Wildman–Crippen LogP) is 19.0. The number of para-hydroxylation sites is 6. The Labute approximate surface area is 472 Å². The van der Waals surface area contributed by atoms with Crippen LogP contribution in [0, 0.1) is 6.08 Å². The molecule has 6 aromatic heterocycles. The molecule has 79 heavy (non-hydrogen) atoms. The second-order valence-electron chi connectivity index (χ2n) is 20.0. The van der Waals surface area contributed by atoms with Gasteiger partial charge in [-0.15, -0.1) is 0 Å². The molecule has 9 aromatic carbocycles. The first kappa shape index (κ1) is 46.8. The lowest BCUT2D eigenvalue weighted by molar-refractivity contribution is 1.10. The summed E-state index contributed by atoms with van der Waals surface area (Å²) in [5.41, 5.74) is 19.5. The first-order valence-electron chi connectivity index (χ1n) is 26.4. The highest BCUT2D eigenvalue weighted by molar-refractivity contribution is 9.11. The van der Waals surface area contributed by atoms with E-state index < -0.39 is 0 Å². The van der Waals surface area contributed by atoms with Crippen molar-refractivity contribution in [2.45, 2.75) is 6.42 Å². The monoisotopic (exact) mass is 1140 g/mol. The number of hydrogen-bond donors (Lipinski definition) is 0. The molecule has 0 N–H and O–H groups in total. The van der Waals surface area contributed by atoms with Crippen molar-refractivity contribution in [1.82, 2.24) is 28.2 Å². The summed E-state index contributed by atoms with van der Waals surface area (Å²) in [6.45, 7) is 0. The van der Waals surface area contributed by atoms with Crippen LogP contribution in [-0.4, -0.2) is 28.2 Å². The van der Waals surface area contributed by atoms with Crippen LogP contribution in [-0.2, 0) is 6.42 Å². The van der Waals surface area contributed by atoms with Gasteiger partial charge < -0.3 is 18.3 Å². The molecule has 372 valence electrons. The topological polar surface area (TPSA) is 45.5 Å². The standard InChI is InChI=1S/C41H26N4.C17H10Br2N2.C13H9/c1-6-16-36-30(11-1)31-12-2-7-17-37(31)43(36)27-23-28(44-38-18-8-3-13-32(38)33-14-4-9-19-39(33)44)25-29(24-27)45-40-20-10-5-15-34(40)35-26-42-22-21-41(35)45;18-11-7-12(19)9-13(8-11)21-16-4-2-1-3-14(16)15-10-20-6-5-17(15)21;1-3-7-12-10(5-1)9-11-6-2-4-8-13(11)12/h1-26H;1-10H;1,3-8H,9H2/q;;+1. The Morgan fingerprint density at radius 1 is 0.354 bits per heavy atom. The molecule has 2 aliphatic carbocycles. The zero-order chi connectivity index (χ0) is 52.6. The molecule has 0 fully saturated rings.